The van der Waals surface area contributed by atoms with Crippen molar-refractivity contribution in [1.29, 1.82) is 0 Å². The van der Waals surface area contributed by atoms with E-state index in [1.165, 1.54) is 6.07 Å². The molecule has 2 aromatic carbocycles. The molecule has 2 aliphatic rings. The highest BCUT2D eigenvalue weighted by molar-refractivity contribution is 5.33. The molecule has 0 radical (unpaired) electrons. The number of benzene rings is 2. The van der Waals surface area contributed by atoms with Gasteiger partial charge in [0.1, 0.15) is 0 Å². The van der Waals surface area contributed by atoms with E-state index in [9.17, 15) is 17.6 Å². The van der Waals surface area contributed by atoms with Crippen LogP contribution in [0.25, 0.3) is 0 Å². The van der Waals surface area contributed by atoms with Gasteiger partial charge in [0, 0.05) is 0 Å². The van der Waals surface area contributed by atoms with Gasteiger partial charge >= 0.3 is 0 Å². The molecular formula is C31H38F4O. The van der Waals surface area contributed by atoms with Gasteiger partial charge in [-0.3, -0.25) is 0 Å². The number of hydrogen-bond donors (Lipinski definition) is 0. The molecule has 0 unspecified atom stereocenters. The Morgan fingerprint density at radius 1 is 0.778 bits per heavy atom. The van der Waals surface area contributed by atoms with E-state index in [0.717, 1.165) is 57.8 Å². The van der Waals surface area contributed by atoms with E-state index in [4.69, 9.17) is 4.74 Å². The van der Waals surface area contributed by atoms with E-state index in [-0.39, 0.29) is 24.2 Å². The standard InChI is InChI=1S/C31H38F4O/c1-3-4-19-36-27-18-17-26(30(34)31(27)35)23-12-7-21(8-13-23)9-14-24-15-16-25(29(33)28(24)32)22-10-5-20(2)6-11-22/h3,15-18,20-23H,1,4-14,19H2,2H3. The van der Waals surface area contributed by atoms with Gasteiger partial charge in [0.05, 0.1) is 6.61 Å². The largest absolute Gasteiger partial charge is 0.490 e. The highest BCUT2D eigenvalue weighted by Crippen LogP contribution is 2.41. The minimum Gasteiger partial charge on any atom is -0.490 e. The number of hydrogen-bond acceptors (Lipinski definition) is 1. The van der Waals surface area contributed by atoms with Crippen LogP contribution in [0.1, 0.15) is 99.7 Å². The summed E-state index contributed by atoms with van der Waals surface area (Å²) >= 11 is 0. The zero-order chi connectivity index (χ0) is 25.7. The summed E-state index contributed by atoms with van der Waals surface area (Å²) in [6.45, 7) is 6.07. The summed E-state index contributed by atoms with van der Waals surface area (Å²) in [7, 11) is 0. The van der Waals surface area contributed by atoms with Crippen molar-refractivity contribution in [2.75, 3.05) is 6.61 Å². The van der Waals surface area contributed by atoms with Crippen LogP contribution >= 0.6 is 0 Å². The third-order valence-corrected chi connectivity index (χ3v) is 8.41. The van der Waals surface area contributed by atoms with Gasteiger partial charge in [-0.2, -0.15) is 4.39 Å². The number of ether oxygens (including phenoxy) is 1. The third kappa shape index (κ3) is 6.15. The van der Waals surface area contributed by atoms with Gasteiger partial charge < -0.3 is 4.74 Å². The number of rotatable bonds is 9. The van der Waals surface area contributed by atoms with Crippen molar-refractivity contribution in [3.8, 4) is 5.75 Å². The smallest absolute Gasteiger partial charge is 0.200 e. The average Bonchev–Trinajstić information content (AvgIpc) is 2.89. The molecular weight excluding hydrogens is 464 g/mol. The summed E-state index contributed by atoms with van der Waals surface area (Å²) < 4.78 is 64.3. The fourth-order valence-electron chi connectivity index (χ4n) is 6.03. The van der Waals surface area contributed by atoms with Crippen LogP contribution in [0, 0.1) is 35.1 Å². The normalized spacial score (nSPS) is 24.5. The van der Waals surface area contributed by atoms with Crippen LogP contribution in [0.2, 0.25) is 0 Å². The topological polar surface area (TPSA) is 9.23 Å². The maximum absolute atomic E-state index is 14.9. The lowest BCUT2D eigenvalue weighted by atomic mass is 9.76. The molecule has 0 aliphatic heterocycles. The van der Waals surface area contributed by atoms with E-state index >= 15 is 0 Å². The summed E-state index contributed by atoms with van der Waals surface area (Å²) in [6, 6.07) is 6.72. The Hall–Kier alpha value is -2.30. The van der Waals surface area contributed by atoms with Gasteiger partial charge in [-0.15, -0.1) is 6.58 Å². The second-order valence-electron chi connectivity index (χ2n) is 10.9. The van der Waals surface area contributed by atoms with Gasteiger partial charge in [-0.25, -0.2) is 13.2 Å². The van der Waals surface area contributed by atoms with Gasteiger partial charge in [0.2, 0.25) is 5.82 Å². The summed E-state index contributed by atoms with van der Waals surface area (Å²) in [4.78, 5) is 0. The van der Waals surface area contributed by atoms with E-state index in [1.54, 1.807) is 24.3 Å². The fraction of sp³-hybridized carbons (Fsp3) is 0.548. The zero-order valence-electron chi connectivity index (χ0n) is 21.3. The second kappa shape index (κ2) is 12.3. The minimum absolute atomic E-state index is 0.0374. The lowest BCUT2D eigenvalue weighted by Gasteiger charge is -2.29. The number of halogens is 4. The Balaban J connectivity index is 1.30. The van der Waals surface area contributed by atoms with Gasteiger partial charge in [0.15, 0.2) is 23.2 Å². The van der Waals surface area contributed by atoms with Crippen LogP contribution in [0.5, 0.6) is 5.75 Å². The Bertz CT molecular complexity index is 1030. The fourth-order valence-corrected chi connectivity index (χ4v) is 6.03. The van der Waals surface area contributed by atoms with Crippen molar-refractivity contribution in [3.05, 3.63) is 76.9 Å². The Labute approximate surface area is 212 Å². The molecule has 0 spiro atoms. The molecule has 5 heteroatoms. The molecule has 4 rings (SSSR count). The van der Waals surface area contributed by atoms with Crippen LogP contribution < -0.4 is 4.74 Å². The summed E-state index contributed by atoms with van der Waals surface area (Å²) in [6.07, 6.45) is 10.7. The molecule has 0 bridgehead atoms. The summed E-state index contributed by atoms with van der Waals surface area (Å²) in [5, 5.41) is 0. The predicted octanol–water partition coefficient (Wildman–Crippen LogP) is 9.40. The van der Waals surface area contributed by atoms with Gasteiger partial charge in [-0.1, -0.05) is 44.0 Å². The van der Waals surface area contributed by atoms with Crippen LogP contribution in [-0.4, -0.2) is 6.61 Å². The maximum Gasteiger partial charge on any atom is 0.200 e. The van der Waals surface area contributed by atoms with Crippen LogP contribution in [-0.2, 0) is 6.42 Å². The summed E-state index contributed by atoms with van der Waals surface area (Å²) in [5.74, 6) is -2.04. The molecule has 0 heterocycles. The van der Waals surface area contributed by atoms with Crippen molar-refractivity contribution in [2.24, 2.45) is 11.8 Å². The summed E-state index contributed by atoms with van der Waals surface area (Å²) in [5.41, 5.74) is 1.39. The molecule has 1 nitrogen and oxygen atoms in total. The first kappa shape index (κ1) is 26.8. The first-order valence-corrected chi connectivity index (χ1v) is 13.6. The van der Waals surface area contributed by atoms with E-state index in [2.05, 4.69) is 13.5 Å². The average molecular weight is 503 g/mol. The van der Waals surface area contributed by atoms with E-state index in [1.807, 2.05) is 0 Å². The highest BCUT2D eigenvalue weighted by Gasteiger charge is 2.28. The van der Waals surface area contributed by atoms with E-state index in [0.29, 0.717) is 41.4 Å². The SMILES string of the molecule is C=CCCOc1ccc(C2CCC(CCc3ccc(C4CCC(C)CC4)c(F)c3F)CC2)c(F)c1F. The van der Waals surface area contributed by atoms with E-state index < -0.39 is 23.3 Å². The molecule has 2 saturated carbocycles. The Kier molecular flexibility index (Phi) is 9.14. The first-order valence-electron chi connectivity index (χ1n) is 13.6. The maximum atomic E-state index is 14.9. The molecule has 0 aromatic heterocycles. The monoisotopic (exact) mass is 502 g/mol. The molecule has 0 atom stereocenters. The van der Waals surface area contributed by atoms with Gasteiger partial charge in [0.25, 0.3) is 0 Å². The molecule has 196 valence electrons. The van der Waals surface area contributed by atoms with Crippen molar-refractivity contribution < 1.29 is 22.3 Å². The van der Waals surface area contributed by atoms with Crippen LogP contribution in [0.3, 0.4) is 0 Å². The van der Waals surface area contributed by atoms with Crippen molar-refractivity contribution in [1.82, 2.24) is 0 Å². The number of aryl methyl sites for hydroxylation is 1. The van der Waals surface area contributed by atoms with Crippen molar-refractivity contribution >= 4 is 0 Å². The van der Waals surface area contributed by atoms with Crippen LogP contribution in [0.15, 0.2) is 36.9 Å². The van der Waals surface area contributed by atoms with Crippen LogP contribution in [0.4, 0.5) is 17.6 Å². The quantitative estimate of drug-likeness (QED) is 0.188. The van der Waals surface area contributed by atoms with Crippen molar-refractivity contribution in [3.63, 3.8) is 0 Å². The molecule has 2 aliphatic carbocycles. The molecule has 36 heavy (non-hydrogen) atoms. The molecule has 0 saturated heterocycles. The van der Waals surface area contributed by atoms with Gasteiger partial charge in [-0.05, 0) is 104 Å². The predicted molar refractivity (Wildman–Crippen MR) is 136 cm³/mol. The molecule has 0 amide bonds. The Morgan fingerprint density at radius 2 is 1.36 bits per heavy atom. The molecule has 2 fully saturated rings. The zero-order valence-corrected chi connectivity index (χ0v) is 21.3. The first-order chi connectivity index (χ1) is 17.4. The molecule has 0 N–H and O–H groups in total. The Morgan fingerprint density at radius 3 is 2.00 bits per heavy atom. The van der Waals surface area contributed by atoms with Crippen molar-refractivity contribution in [2.45, 2.75) is 89.4 Å². The second-order valence-corrected chi connectivity index (χ2v) is 10.9. The third-order valence-electron chi connectivity index (χ3n) is 8.41. The lowest BCUT2D eigenvalue weighted by molar-refractivity contribution is 0.291. The minimum atomic E-state index is -0.928. The molecule has 2 aromatic rings. The highest BCUT2D eigenvalue weighted by atomic mass is 19.2. The lowest BCUT2D eigenvalue weighted by Crippen LogP contribution is -2.16.